The van der Waals surface area contributed by atoms with Gasteiger partial charge < -0.3 is 9.64 Å². The molecule has 3 rings (SSSR count). The average Bonchev–Trinajstić information content (AvgIpc) is 2.69. The molecule has 6 heteroatoms. The van der Waals surface area contributed by atoms with Crippen molar-refractivity contribution in [3.05, 3.63) is 83.9 Å². The van der Waals surface area contributed by atoms with E-state index in [2.05, 4.69) is 21.8 Å². The van der Waals surface area contributed by atoms with Gasteiger partial charge in [0.05, 0.1) is 12.0 Å². The van der Waals surface area contributed by atoms with Gasteiger partial charge in [0.25, 0.3) is 10.0 Å². The second kappa shape index (κ2) is 8.35. The highest BCUT2D eigenvalue weighted by Crippen LogP contribution is 2.24. The molecule has 3 aromatic rings. The van der Waals surface area contributed by atoms with Gasteiger partial charge in [-0.15, -0.1) is 0 Å². The Hall–Kier alpha value is -2.99. The van der Waals surface area contributed by atoms with Gasteiger partial charge in [0, 0.05) is 25.0 Å². The lowest BCUT2D eigenvalue weighted by Gasteiger charge is -2.20. The molecule has 0 aliphatic heterocycles. The molecule has 0 bridgehead atoms. The maximum atomic E-state index is 12.7. The monoisotopic (exact) mass is 396 g/mol. The first-order valence-electron chi connectivity index (χ1n) is 8.91. The van der Waals surface area contributed by atoms with E-state index in [1.165, 1.54) is 11.6 Å². The van der Waals surface area contributed by atoms with Crippen LogP contribution in [0.25, 0.3) is 0 Å². The normalized spacial score (nSPS) is 11.1. The fraction of sp³-hybridized carbons (Fsp3) is 0.182. The van der Waals surface area contributed by atoms with E-state index in [9.17, 15) is 8.42 Å². The Balaban J connectivity index is 1.72. The van der Waals surface area contributed by atoms with Gasteiger partial charge in [-0.25, -0.2) is 8.42 Å². The molecule has 0 unspecified atom stereocenters. The molecule has 0 fully saturated rings. The van der Waals surface area contributed by atoms with Crippen LogP contribution in [0.15, 0.2) is 77.7 Å². The molecule has 0 aliphatic rings. The van der Waals surface area contributed by atoms with E-state index in [0.717, 1.165) is 17.8 Å². The van der Waals surface area contributed by atoms with Crippen molar-refractivity contribution < 1.29 is 13.2 Å². The van der Waals surface area contributed by atoms with Gasteiger partial charge in [-0.1, -0.05) is 30.3 Å². The van der Waals surface area contributed by atoms with Gasteiger partial charge in [-0.05, 0) is 60.5 Å². The van der Waals surface area contributed by atoms with Crippen molar-refractivity contribution in [3.63, 3.8) is 0 Å². The van der Waals surface area contributed by atoms with E-state index < -0.39 is 10.0 Å². The van der Waals surface area contributed by atoms with Crippen LogP contribution >= 0.6 is 0 Å². The number of rotatable bonds is 7. The Labute approximate surface area is 166 Å². The van der Waals surface area contributed by atoms with Crippen molar-refractivity contribution in [2.75, 3.05) is 23.8 Å². The average molecular weight is 397 g/mol. The number of methoxy groups -OCH3 is 1. The van der Waals surface area contributed by atoms with E-state index in [1.807, 2.05) is 44.3 Å². The Bertz CT molecular complexity index is 1030. The standard InChI is InChI=1S/C22H24N2O3S/c1-17-15-21(13-14-22(17)27-3)28(25,26)23-19-9-11-20(12-10-19)24(2)16-18-7-5-4-6-8-18/h4-15,23H,16H2,1-3H3. The van der Waals surface area contributed by atoms with E-state index in [0.29, 0.717) is 11.4 Å². The number of anilines is 2. The summed E-state index contributed by atoms with van der Waals surface area (Å²) in [5.41, 5.74) is 3.50. The molecule has 0 radical (unpaired) electrons. The largest absolute Gasteiger partial charge is 0.496 e. The van der Waals surface area contributed by atoms with Gasteiger partial charge >= 0.3 is 0 Å². The summed E-state index contributed by atoms with van der Waals surface area (Å²) in [6.07, 6.45) is 0. The summed E-state index contributed by atoms with van der Waals surface area (Å²) in [6, 6.07) is 22.3. The van der Waals surface area contributed by atoms with Gasteiger partial charge in [-0.3, -0.25) is 4.72 Å². The molecule has 0 aromatic heterocycles. The van der Waals surface area contributed by atoms with Crippen LogP contribution in [-0.2, 0) is 16.6 Å². The van der Waals surface area contributed by atoms with E-state index in [1.54, 1.807) is 31.4 Å². The van der Waals surface area contributed by atoms with Crippen LogP contribution in [0.2, 0.25) is 0 Å². The minimum Gasteiger partial charge on any atom is -0.496 e. The summed E-state index contributed by atoms with van der Waals surface area (Å²) < 4.78 is 33.1. The van der Waals surface area contributed by atoms with Gasteiger partial charge in [0.2, 0.25) is 0 Å². The summed E-state index contributed by atoms with van der Waals surface area (Å²) >= 11 is 0. The molecule has 28 heavy (non-hydrogen) atoms. The second-order valence-corrected chi connectivity index (χ2v) is 8.31. The summed E-state index contributed by atoms with van der Waals surface area (Å²) in [5.74, 6) is 0.657. The predicted octanol–water partition coefficient (Wildman–Crippen LogP) is 4.44. The topological polar surface area (TPSA) is 58.6 Å². The summed E-state index contributed by atoms with van der Waals surface area (Å²) in [6.45, 7) is 2.59. The zero-order chi connectivity index (χ0) is 20.1. The number of ether oxygens (including phenoxy) is 1. The van der Waals surface area contributed by atoms with Gasteiger partial charge in [0.1, 0.15) is 5.75 Å². The molecule has 0 saturated heterocycles. The van der Waals surface area contributed by atoms with Crippen LogP contribution in [0.5, 0.6) is 5.75 Å². The van der Waals surface area contributed by atoms with Crippen LogP contribution in [-0.4, -0.2) is 22.6 Å². The molecule has 0 saturated carbocycles. The van der Waals surface area contributed by atoms with Crippen molar-refractivity contribution in [1.82, 2.24) is 0 Å². The van der Waals surface area contributed by atoms with Gasteiger partial charge in [0.15, 0.2) is 0 Å². The predicted molar refractivity (Wildman–Crippen MR) is 114 cm³/mol. The first kappa shape index (κ1) is 19.8. The van der Waals surface area contributed by atoms with E-state index in [4.69, 9.17) is 4.74 Å². The molecule has 5 nitrogen and oxygen atoms in total. The number of hydrogen-bond acceptors (Lipinski definition) is 4. The lowest BCUT2D eigenvalue weighted by Crippen LogP contribution is -2.16. The Kier molecular flexibility index (Phi) is 5.90. The van der Waals surface area contributed by atoms with Crippen LogP contribution < -0.4 is 14.4 Å². The lowest BCUT2D eigenvalue weighted by molar-refractivity contribution is 0.411. The third-order valence-electron chi connectivity index (χ3n) is 4.50. The molecule has 3 aromatic carbocycles. The second-order valence-electron chi connectivity index (χ2n) is 6.63. The highest BCUT2D eigenvalue weighted by Gasteiger charge is 2.16. The quantitative estimate of drug-likeness (QED) is 0.641. The number of aryl methyl sites for hydroxylation is 1. The first-order valence-corrected chi connectivity index (χ1v) is 10.4. The smallest absolute Gasteiger partial charge is 0.261 e. The van der Waals surface area contributed by atoms with E-state index in [-0.39, 0.29) is 4.90 Å². The third kappa shape index (κ3) is 4.64. The van der Waals surface area contributed by atoms with Crippen molar-refractivity contribution in [3.8, 4) is 5.75 Å². The maximum Gasteiger partial charge on any atom is 0.261 e. The van der Waals surface area contributed by atoms with Crippen molar-refractivity contribution >= 4 is 21.4 Å². The van der Waals surface area contributed by atoms with Crippen LogP contribution in [0.3, 0.4) is 0 Å². The van der Waals surface area contributed by atoms with Crippen molar-refractivity contribution in [2.24, 2.45) is 0 Å². The number of nitrogens with one attached hydrogen (secondary N) is 1. The maximum absolute atomic E-state index is 12.7. The number of sulfonamides is 1. The summed E-state index contributed by atoms with van der Waals surface area (Å²) in [7, 11) is -0.0947. The zero-order valence-electron chi connectivity index (χ0n) is 16.2. The fourth-order valence-corrected chi connectivity index (χ4v) is 4.11. The zero-order valence-corrected chi connectivity index (χ0v) is 17.0. The highest BCUT2D eigenvalue weighted by atomic mass is 32.2. The molecule has 0 aliphatic carbocycles. The molecule has 1 N–H and O–H groups in total. The molecule has 0 spiro atoms. The molecule has 0 amide bonds. The minimum absolute atomic E-state index is 0.205. The van der Waals surface area contributed by atoms with Crippen molar-refractivity contribution in [1.29, 1.82) is 0 Å². The first-order chi connectivity index (χ1) is 13.4. The van der Waals surface area contributed by atoms with Crippen molar-refractivity contribution in [2.45, 2.75) is 18.4 Å². The van der Waals surface area contributed by atoms with Crippen LogP contribution in [0, 0.1) is 6.92 Å². The van der Waals surface area contributed by atoms with Gasteiger partial charge in [-0.2, -0.15) is 0 Å². The minimum atomic E-state index is -3.66. The summed E-state index contributed by atoms with van der Waals surface area (Å²) in [4.78, 5) is 2.32. The van der Waals surface area contributed by atoms with Crippen LogP contribution in [0.1, 0.15) is 11.1 Å². The highest BCUT2D eigenvalue weighted by molar-refractivity contribution is 7.92. The third-order valence-corrected chi connectivity index (χ3v) is 5.88. The molecular weight excluding hydrogens is 372 g/mol. The Morgan fingerprint density at radius 1 is 0.964 bits per heavy atom. The number of benzene rings is 3. The molecular formula is C22H24N2O3S. The number of nitrogens with zero attached hydrogens (tertiary/aromatic N) is 1. The molecule has 0 heterocycles. The molecule has 146 valence electrons. The fourth-order valence-electron chi connectivity index (χ4n) is 2.96. The molecule has 0 atom stereocenters. The lowest BCUT2D eigenvalue weighted by atomic mass is 10.2. The van der Waals surface area contributed by atoms with Crippen LogP contribution in [0.4, 0.5) is 11.4 Å². The Morgan fingerprint density at radius 3 is 2.25 bits per heavy atom. The number of hydrogen-bond donors (Lipinski definition) is 1. The summed E-state index contributed by atoms with van der Waals surface area (Å²) in [5, 5.41) is 0. The van der Waals surface area contributed by atoms with E-state index >= 15 is 0 Å². The SMILES string of the molecule is COc1ccc(S(=O)(=O)Nc2ccc(N(C)Cc3ccccc3)cc2)cc1C. The Morgan fingerprint density at radius 2 is 1.64 bits per heavy atom.